The molecule has 1 aromatic carbocycles. The fourth-order valence-electron chi connectivity index (χ4n) is 5.37. The molecule has 0 spiro atoms. The highest BCUT2D eigenvalue weighted by Gasteiger charge is 2.34. The fourth-order valence-corrected chi connectivity index (χ4v) is 5.37. The Hall–Kier alpha value is -3.67. The van der Waals surface area contributed by atoms with E-state index < -0.39 is 24.3 Å². The number of ether oxygens (including phenoxy) is 1. The molecule has 0 radical (unpaired) electrons. The van der Waals surface area contributed by atoms with Crippen molar-refractivity contribution < 1.29 is 32.6 Å². The number of halogens is 3. The lowest BCUT2D eigenvalue weighted by molar-refractivity contribution is -0.137. The normalized spacial score (nSPS) is 21.3. The summed E-state index contributed by atoms with van der Waals surface area (Å²) in [5.41, 5.74) is 1.04. The van der Waals surface area contributed by atoms with Crippen LogP contribution in [0.4, 0.5) is 13.2 Å². The molecular weight excluding hydrogens is 527 g/mol. The summed E-state index contributed by atoms with van der Waals surface area (Å²) in [5.74, 6) is -0.0264. The number of aromatic nitrogens is 3. The number of amides is 2. The number of alkyl halides is 3. The smallest absolute Gasteiger partial charge is 0.416 e. The predicted molar refractivity (Wildman–Crippen MR) is 141 cm³/mol. The van der Waals surface area contributed by atoms with Gasteiger partial charge in [-0.15, -0.1) is 0 Å². The fraction of sp³-hybridized carbons (Fsp3) is 0.500. The lowest BCUT2D eigenvalue weighted by atomic mass is 9.82. The van der Waals surface area contributed by atoms with Crippen molar-refractivity contribution in [2.45, 2.75) is 64.2 Å². The van der Waals surface area contributed by atoms with Crippen LogP contribution in [-0.2, 0) is 11.0 Å². The van der Waals surface area contributed by atoms with Crippen molar-refractivity contribution in [2.24, 2.45) is 11.8 Å². The quantitative estimate of drug-likeness (QED) is 0.328. The van der Waals surface area contributed by atoms with Gasteiger partial charge in [-0.2, -0.15) is 13.2 Å². The van der Waals surface area contributed by atoms with Crippen LogP contribution in [0.15, 0.2) is 24.5 Å². The molecule has 214 valence electrons. The number of H-pyrrole nitrogens is 1. The Morgan fingerprint density at radius 2 is 1.93 bits per heavy atom. The second kappa shape index (κ2) is 11.1. The highest BCUT2D eigenvalue weighted by molar-refractivity contribution is 6.09. The number of nitrogens with zero attached hydrogens (tertiary/aromatic N) is 2. The molecule has 2 saturated carbocycles. The summed E-state index contributed by atoms with van der Waals surface area (Å²) < 4.78 is 46.8. The summed E-state index contributed by atoms with van der Waals surface area (Å²) in [6.07, 6.45) is 0.679. The third-order valence-corrected chi connectivity index (χ3v) is 7.73. The van der Waals surface area contributed by atoms with E-state index in [-0.39, 0.29) is 40.9 Å². The molecule has 3 atom stereocenters. The van der Waals surface area contributed by atoms with Gasteiger partial charge in [-0.05, 0) is 69.1 Å². The van der Waals surface area contributed by atoms with Crippen LogP contribution < -0.4 is 15.4 Å². The molecule has 2 amide bonds. The van der Waals surface area contributed by atoms with Gasteiger partial charge in [-0.25, -0.2) is 9.97 Å². The first kappa shape index (κ1) is 27.9. The highest BCUT2D eigenvalue weighted by atomic mass is 19.4. The van der Waals surface area contributed by atoms with Gasteiger partial charge in [0, 0.05) is 23.3 Å². The maximum atomic E-state index is 13.6. The average molecular weight is 560 g/mol. The van der Waals surface area contributed by atoms with Crippen LogP contribution in [0.2, 0.25) is 0 Å². The van der Waals surface area contributed by atoms with Crippen molar-refractivity contribution in [3.8, 4) is 17.0 Å². The van der Waals surface area contributed by atoms with Gasteiger partial charge in [-0.1, -0.05) is 6.92 Å². The third-order valence-electron chi connectivity index (χ3n) is 7.73. The van der Waals surface area contributed by atoms with Crippen LogP contribution in [0.5, 0.6) is 5.75 Å². The van der Waals surface area contributed by atoms with E-state index in [0.29, 0.717) is 54.1 Å². The van der Waals surface area contributed by atoms with Crippen molar-refractivity contribution in [3.63, 3.8) is 0 Å². The molecular formula is C28H32F3N5O4. The topological polar surface area (TPSA) is 129 Å². The number of benzene rings is 1. The van der Waals surface area contributed by atoms with Crippen molar-refractivity contribution in [3.05, 3.63) is 41.3 Å². The summed E-state index contributed by atoms with van der Waals surface area (Å²) in [7, 11) is 0. The molecule has 2 aromatic heterocycles. The van der Waals surface area contributed by atoms with E-state index in [1.54, 1.807) is 6.92 Å². The number of nitrogens with one attached hydrogen (secondary N) is 3. The van der Waals surface area contributed by atoms with Gasteiger partial charge in [0.25, 0.3) is 5.91 Å². The van der Waals surface area contributed by atoms with E-state index in [9.17, 15) is 22.8 Å². The first-order valence-corrected chi connectivity index (χ1v) is 13.4. The molecule has 0 aliphatic heterocycles. The molecule has 0 saturated heterocycles. The minimum atomic E-state index is -4.55. The number of hydrogen-bond acceptors (Lipinski definition) is 6. The lowest BCUT2D eigenvalue weighted by Crippen LogP contribution is -2.48. The molecule has 4 N–H and O–H groups in total. The zero-order chi connectivity index (χ0) is 28.6. The zero-order valence-electron chi connectivity index (χ0n) is 22.3. The molecule has 0 unspecified atom stereocenters. The zero-order valence-corrected chi connectivity index (χ0v) is 22.3. The average Bonchev–Trinajstić information content (AvgIpc) is 3.67. The molecule has 12 heteroatoms. The Bertz CT molecular complexity index is 1420. The van der Waals surface area contributed by atoms with Crippen molar-refractivity contribution in [1.29, 1.82) is 0 Å². The standard InChI is InChI=1S/C28H32F3N5O4/c1-14-9-18(35-22(38)11-37)6-7-20(14)36-27(39)23-15(2)34-26-24(32-13-33-25(23)26)19-10-17(28(29,30)31)5-8-21(19)40-12-16-3-4-16/h5,8,10,13-14,16,18,20,34,37H,3-4,6-7,9,11-12H2,1-2H3,(H,35,38)(H,36,39)/t14-,18-,20+/m1/s1. The Labute approximate surface area is 228 Å². The number of aliphatic hydroxyl groups is 1. The Morgan fingerprint density at radius 3 is 2.60 bits per heavy atom. The van der Waals surface area contributed by atoms with Crippen LogP contribution in [0.1, 0.15) is 60.6 Å². The van der Waals surface area contributed by atoms with Gasteiger partial charge in [0.15, 0.2) is 0 Å². The first-order chi connectivity index (χ1) is 19.0. The van der Waals surface area contributed by atoms with Crippen molar-refractivity contribution in [2.75, 3.05) is 13.2 Å². The van der Waals surface area contributed by atoms with Gasteiger partial charge in [0.2, 0.25) is 5.91 Å². The summed E-state index contributed by atoms with van der Waals surface area (Å²) in [5, 5.41) is 14.9. The number of aliphatic hydroxyl groups excluding tert-OH is 1. The minimum absolute atomic E-state index is 0.0636. The summed E-state index contributed by atoms with van der Waals surface area (Å²) >= 11 is 0. The molecule has 2 aliphatic rings. The van der Waals surface area contributed by atoms with Gasteiger partial charge >= 0.3 is 6.18 Å². The molecule has 0 bridgehead atoms. The monoisotopic (exact) mass is 559 g/mol. The predicted octanol–water partition coefficient (Wildman–Crippen LogP) is 4.14. The van der Waals surface area contributed by atoms with E-state index in [1.165, 1.54) is 12.4 Å². The highest BCUT2D eigenvalue weighted by Crippen LogP contribution is 2.40. The second-order valence-electron chi connectivity index (χ2n) is 10.8. The second-order valence-corrected chi connectivity index (χ2v) is 10.8. The number of rotatable bonds is 8. The lowest BCUT2D eigenvalue weighted by Gasteiger charge is -2.35. The molecule has 5 rings (SSSR count). The maximum absolute atomic E-state index is 13.6. The summed E-state index contributed by atoms with van der Waals surface area (Å²) in [4.78, 5) is 36.8. The number of hydrogen-bond donors (Lipinski definition) is 4. The molecule has 40 heavy (non-hydrogen) atoms. The number of fused-ring (bicyclic) bond motifs is 1. The van der Waals surface area contributed by atoms with Crippen LogP contribution in [0.3, 0.4) is 0 Å². The third kappa shape index (κ3) is 5.91. The Balaban J connectivity index is 1.43. The summed E-state index contributed by atoms with van der Waals surface area (Å²) in [6, 6.07) is 3.12. The van der Waals surface area contributed by atoms with Gasteiger partial charge in [0.05, 0.1) is 23.3 Å². The Morgan fingerprint density at radius 1 is 1.15 bits per heavy atom. The van der Waals surface area contributed by atoms with E-state index in [2.05, 4.69) is 25.6 Å². The largest absolute Gasteiger partial charge is 0.493 e. The van der Waals surface area contributed by atoms with Crippen LogP contribution >= 0.6 is 0 Å². The van der Waals surface area contributed by atoms with Crippen molar-refractivity contribution >= 4 is 22.8 Å². The number of carbonyl (C=O) groups is 2. The maximum Gasteiger partial charge on any atom is 0.416 e. The molecule has 9 nitrogen and oxygen atoms in total. The van der Waals surface area contributed by atoms with Crippen LogP contribution in [0.25, 0.3) is 22.3 Å². The minimum Gasteiger partial charge on any atom is -0.493 e. The van der Waals surface area contributed by atoms with Crippen LogP contribution in [-0.4, -0.2) is 57.2 Å². The molecule has 3 aromatic rings. The van der Waals surface area contributed by atoms with E-state index >= 15 is 0 Å². The van der Waals surface area contributed by atoms with E-state index in [4.69, 9.17) is 9.84 Å². The number of carbonyl (C=O) groups excluding carboxylic acids is 2. The number of aromatic amines is 1. The van der Waals surface area contributed by atoms with Gasteiger partial charge < -0.3 is 25.5 Å². The number of aryl methyl sites for hydroxylation is 1. The van der Waals surface area contributed by atoms with E-state index in [0.717, 1.165) is 25.0 Å². The van der Waals surface area contributed by atoms with E-state index in [1.807, 2.05) is 6.92 Å². The first-order valence-electron chi connectivity index (χ1n) is 13.4. The molecule has 2 aliphatic carbocycles. The van der Waals surface area contributed by atoms with Gasteiger partial charge in [0.1, 0.15) is 29.9 Å². The Kier molecular flexibility index (Phi) is 7.72. The SMILES string of the molecule is Cc1[nH]c2c(-c3cc(C(F)(F)F)ccc3OCC3CC3)ncnc2c1C(=O)N[C@H]1CC[C@@H](NC(=O)CO)C[C@H]1C. The molecule has 2 heterocycles. The summed E-state index contributed by atoms with van der Waals surface area (Å²) in [6.45, 7) is 3.54. The van der Waals surface area contributed by atoms with Gasteiger partial charge in [-0.3, -0.25) is 9.59 Å². The van der Waals surface area contributed by atoms with Crippen LogP contribution in [0, 0.1) is 18.8 Å². The van der Waals surface area contributed by atoms with Crippen molar-refractivity contribution in [1.82, 2.24) is 25.6 Å². The molecule has 2 fully saturated rings.